The second-order valence-corrected chi connectivity index (χ2v) is 7.36. The summed E-state index contributed by atoms with van der Waals surface area (Å²) in [6.07, 6.45) is 7.13. The van der Waals surface area contributed by atoms with Crippen molar-refractivity contribution in [3.63, 3.8) is 0 Å². The average molecular weight is 423 g/mol. The van der Waals surface area contributed by atoms with Gasteiger partial charge in [-0.05, 0) is 60.0 Å². The van der Waals surface area contributed by atoms with E-state index in [-0.39, 0.29) is 11.6 Å². The number of halogens is 1. The van der Waals surface area contributed by atoms with Crippen LogP contribution in [0.3, 0.4) is 0 Å². The topological polar surface area (TPSA) is 39.2 Å². The van der Waals surface area contributed by atoms with Gasteiger partial charge in [0.25, 0.3) is 0 Å². The van der Waals surface area contributed by atoms with Crippen LogP contribution in [0, 0.1) is 12.7 Å². The van der Waals surface area contributed by atoms with Crippen molar-refractivity contribution >= 4 is 34.9 Å². The first-order chi connectivity index (χ1) is 15.5. The number of benzene rings is 3. The van der Waals surface area contributed by atoms with Crippen molar-refractivity contribution in [1.29, 1.82) is 0 Å². The number of hydrogen-bond donors (Lipinski definition) is 0. The van der Waals surface area contributed by atoms with Crippen LogP contribution in [-0.2, 0) is 0 Å². The molecule has 0 N–H and O–H groups in total. The number of hydrogen-bond acceptors (Lipinski definition) is 3. The van der Waals surface area contributed by atoms with Crippen LogP contribution in [0.15, 0.2) is 78.9 Å². The largest absolute Gasteiger partial charge is 0.497 e. The first-order valence-electron chi connectivity index (χ1n) is 10.2. The van der Waals surface area contributed by atoms with Crippen molar-refractivity contribution in [2.24, 2.45) is 0 Å². The van der Waals surface area contributed by atoms with Crippen molar-refractivity contribution in [2.45, 2.75) is 6.92 Å². The van der Waals surface area contributed by atoms with E-state index in [0.717, 1.165) is 33.3 Å². The van der Waals surface area contributed by atoms with Gasteiger partial charge in [-0.25, -0.2) is 4.39 Å². The number of aromatic nitrogens is 1. The number of allylic oxidation sites excluding steroid dienone is 1. The number of ketones is 1. The highest BCUT2D eigenvalue weighted by molar-refractivity contribution is 6.13. The minimum absolute atomic E-state index is 0.153. The molecule has 4 rings (SSSR count). The minimum Gasteiger partial charge on any atom is -0.497 e. The van der Waals surface area contributed by atoms with Crippen LogP contribution in [0.5, 0.6) is 5.75 Å². The molecule has 0 radical (unpaired) electrons. The normalized spacial score (nSPS) is 11.5. The second-order valence-electron chi connectivity index (χ2n) is 7.36. The number of nitrogens with zero attached hydrogens (tertiary/aromatic N) is 1. The average Bonchev–Trinajstić information content (AvgIpc) is 2.82. The molecular formula is C28H22FNO2. The lowest BCUT2D eigenvalue weighted by atomic mass is 9.96. The smallest absolute Gasteiger partial charge is 0.188 e. The molecule has 0 fully saturated rings. The maximum Gasteiger partial charge on any atom is 0.188 e. The molecule has 0 aliphatic carbocycles. The van der Waals surface area contributed by atoms with Gasteiger partial charge in [-0.1, -0.05) is 60.7 Å². The molecule has 0 aliphatic heterocycles. The molecule has 0 bridgehead atoms. The number of carbonyl (C=O) groups is 1. The molecule has 4 aromatic rings. The zero-order valence-electron chi connectivity index (χ0n) is 17.9. The molecule has 0 saturated carbocycles. The lowest BCUT2D eigenvalue weighted by Crippen LogP contribution is -2.05. The standard InChI is InChI=1S/C28H22FNO2/c1-19-28(27(31)18-12-20-7-13-22(29)14-8-20)25(24-5-3-4-6-26(24)30-19)17-11-21-9-15-23(32-2)16-10-21/h3-18H,1-2H3/b17-11+,18-12+. The molecule has 0 amide bonds. The SMILES string of the molecule is COc1ccc(/C=C/c2c(C(=O)/C=C/c3ccc(F)cc3)c(C)nc3ccccc23)cc1. The Kier molecular flexibility index (Phi) is 6.22. The van der Waals surface area contributed by atoms with Crippen molar-refractivity contribution in [3.8, 4) is 5.75 Å². The predicted molar refractivity (Wildman–Crippen MR) is 128 cm³/mol. The first kappa shape index (κ1) is 21.2. The van der Waals surface area contributed by atoms with Crippen LogP contribution in [0.1, 0.15) is 32.7 Å². The van der Waals surface area contributed by atoms with Gasteiger partial charge in [-0.3, -0.25) is 9.78 Å². The summed E-state index contributed by atoms with van der Waals surface area (Å²) < 4.78 is 18.4. The zero-order chi connectivity index (χ0) is 22.5. The van der Waals surface area contributed by atoms with E-state index in [2.05, 4.69) is 4.98 Å². The van der Waals surface area contributed by atoms with Gasteiger partial charge >= 0.3 is 0 Å². The number of ether oxygens (including phenoxy) is 1. The number of aryl methyl sites for hydroxylation is 1. The van der Waals surface area contributed by atoms with E-state index in [0.29, 0.717) is 11.3 Å². The van der Waals surface area contributed by atoms with Gasteiger partial charge in [0.15, 0.2) is 5.78 Å². The number of carbonyl (C=O) groups excluding carboxylic acids is 1. The molecule has 4 heteroatoms. The highest BCUT2D eigenvalue weighted by Crippen LogP contribution is 2.27. The Balaban J connectivity index is 1.77. The second kappa shape index (κ2) is 9.40. The number of fused-ring (bicyclic) bond motifs is 1. The summed E-state index contributed by atoms with van der Waals surface area (Å²) in [6.45, 7) is 1.84. The maximum absolute atomic E-state index is 13.2. The highest BCUT2D eigenvalue weighted by Gasteiger charge is 2.15. The van der Waals surface area contributed by atoms with Gasteiger partial charge in [0.05, 0.1) is 18.2 Å². The lowest BCUT2D eigenvalue weighted by molar-refractivity contribution is 0.104. The predicted octanol–water partition coefficient (Wildman–Crippen LogP) is 6.76. The zero-order valence-corrected chi connectivity index (χ0v) is 17.9. The van der Waals surface area contributed by atoms with Crippen LogP contribution < -0.4 is 4.74 Å². The number of rotatable bonds is 6. The molecule has 1 aromatic heterocycles. The monoisotopic (exact) mass is 423 g/mol. The minimum atomic E-state index is -0.311. The van der Waals surface area contributed by atoms with Gasteiger partial charge in [0.1, 0.15) is 11.6 Å². The Morgan fingerprint density at radius 1 is 0.875 bits per heavy atom. The quantitative estimate of drug-likeness (QED) is 0.254. The van der Waals surface area contributed by atoms with E-state index in [1.807, 2.05) is 67.6 Å². The Hall–Kier alpha value is -4.05. The van der Waals surface area contributed by atoms with Crippen LogP contribution in [-0.4, -0.2) is 17.9 Å². The Bertz CT molecular complexity index is 1320. The molecule has 0 spiro atoms. The molecule has 0 aliphatic rings. The van der Waals surface area contributed by atoms with E-state index in [1.165, 1.54) is 18.2 Å². The summed E-state index contributed by atoms with van der Waals surface area (Å²) in [6, 6.07) is 21.5. The summed E-state index contributed by atoms with van der Waals surface area (Å²) in [5.41, 5.74) is 4.60. The fourth-order valence-corrected chi connectivity index (χ4v) is 3.57. The third-order valence-electron chi connectivity index (χ3n) is 5.22. The summed E-state index contributed by atoms with van der Waals surface area (Å²) in [7, 11) is 1.63. The molecule has 1 heterocycles. The fourth-order valence-electron chi connectivity index (χ4n) is 3.57. The summed E-state index contributed by atoms with van der Waals surface area (Å²) in [4.78, 5) is 17.9. The number of para-hydroxylation sites is 1. The molecule has 0 unspecified atom stereocenters. The van der Waals surface area contributed by atoms with E-state index >= 15 is 0 Å². The van der Waals surface area contributed by atoms with E-state index in [4.69, 9.17) is 4.74 Å². The number of methoxy groups -OCH3 is 1. The van der Waals surface area contributed by atoms with Crippen LogP contribution in [0.2, 0.25) is 0 Å². The fraction of sp³-hybridized carbons (Fsp3) is 0.0714. The molecular weight excluding hydrogens is 401 g/mol. The van der Waals surface area contributed by atoms with E-state index in [9.17, 15) is 9.18 Å². The summed E-state index contributed by atoms with van der Waals surface area (Å²) in [5.74, 6) is 0.322. The van der Waals surface area contributed by atoms with Crippen LogP contribution >= 0.6 is 0 Å². The molecule has 3 nitrogen and oxygen atoms in total. The van der Waals surface area contributed by atoms with E-state index < -0.39 is 0 Å². The Labute approximate surface area is 186 Å². The van der Waals surface area contributed by atoms with Crippen LogP contribution in [0.25, 0.3) is 29.1 Å². The van der Waals surface area contributed by atoms with Crippen LogP contribution in [0.4, 0.5) is 4.39 Å². The summed E-state index contributed by atoms with van der Waals surface area (Å²) in [5, 5.41) is 0.904. The van der Waals surface area contributed by atoms with Crippen molar-refractivity contribution < 1.29 is 13.9 Å². The molecule has 0 saturated heterocycles. The molecule has 32 heavy (non-hydrogen) atoms. The van der Waals surface area contributed by atoms with Gasteiger partial charge < -0.3 is 4.74 Å². The Morgan fingerprint density at radius 3 is 2.25 bits per heavy atom. The Morgan fingerprint density at radius 2 is 1.53 bits per heavy atom. The highest BCUT2D eigenvalue weighted by atomic mass is 19.1. The van der Waals surface area contributed by atoms with Crippen molar-refractivity contribution in [1.82, 2.24) is 4.98 Å². The van der Waals surface area contributed by atoms with Gasteiger partial charge in [-0.15, -0.1) is 0 Å². The van der Waals surface area contributed by atoms with Crippen molar-refractivity contribution in [2.75, 3.05) is 7.11 Å². The first-order valence-corrected chi connectivity index (χ1v) is 10.2. The van der Waals surface area contributed by atoms with Gasteiger partial charge in [0.2, 0.25) is 0 Å². The van der Waals surface area contributed by atoms with Gasteiger partial charge in [0, 0.05) is 11.1 Å². The number of pyridine rings is 1. The third-order valence-corrected chi connectivity index (χ3v) is 5.22. The van der Waals surface area contributed by atoms with Gasteiger partial charge in [-0.2, -0.15) is 0 Å². The lowest BCUT2D eigenvalue weighted by Gasteiger charge is -2.11. The molecule has 3 aromatic carbocycles. The van der Waals surface area contributed by atoms with E-state index in [1.54, 1.807) is 25.3 Å². The maximum atomic E-state index is 13.2. The molecule has 0 atom stereocenters. The summed E-state index contributed by atoms with van der Waals surface area (Å²) >= 11 is 0. The third kappa shape index (κ3) is 4.65. The van der Waals surface area contributed by atoms with Crippen molar-refractivity contribution in [3.05, 3.63) is 113 Å². The molecule has 158 valence electrons.